The van der Waals surface area contributed by atoms with Crippen LogP contribution in [0.3, 0.4) is 0 Å². The molecule has 3 heterocycles. The van der Waals surface area contributed by atoms with Crippen LogP contribution in [-0.4, -0.2) is 69.0 Å². The van der Waals surface area contributed by atoms with Crippen LogP contribution in [-0.2, 0) is 16.0 Å². The molecule has 1 fully saturated rings. The fourth-order valence-electron chi connectivity index (χ4n) is 4.61. The van der Waals surface area contributed by atoms with Crippen molar-refractivity contribution in [2.75, 3.05) is 25.1 Å². The number of anilines is 1. The summed E-state index contributed by atoms with van der Waals surface area (Å²) in [7, 11) is 0. The number of benzene rings is 1. The van der Waals surface area contributed by atoms with E-state index in [0.717, 1.165) is 23.4 Å². The predicted octanol–water partition coefficient (Wildman–Crippen LogP) is 4.38. The van der Waals surface area contributed by atoms with Crippen molar-refractivity contribution in [3.63, 3.8) is 0 Å². The van der Waals surface area contributed by atoms with Gasteiger partial charge in [0.1, 0.15) is 17.5 Å². The Morgan fingerprint density at radius 3 is 2.58 bits per heavy atom. The van der Waals surface area contributed by atoms with Crippen molar-refractivity contribution in [2.45, 2.75) is 37.3 Å². The third-order valence-electron chi connectivity index (χ3n) is 6.68. The van der Waals surface area contributed by atoms with E-state index in [1.165, 1.54) is 30.6 Å². The van der Waals surface area contributed by atoms with Crippen molar-refractivity contribution in [3.8, 4) is 0 Å². The molecule has 1 aliphatic heterocycles. The Labute approximate surface area is 232 Å². The molecule has 9 nitrogen and oxygen atoms in total. The maximum absolute atomic E-state index is 14.8. The largest absolute Gasteiger partial charge is 0.465 e. The van der Waals surface area contributed by atoms with E-state index in [-0.39, 0.29) is 55.3 Å². The van der Waals surface area contributed by atoms with Gasteiger partial charge in [-0.15, -0.1) is 0 Å². The number of nitrogens with zero attached hydrogens (tertiary/aromatic N) is 3. The number of nitrogens with one attached hydrogen (secondary N) is 1. The minimum Gasteiger partial charge on any atom is -0.465 e. The quantitative estimate of drug-likeness (QED) is 0.344. The van der Waals surface area contributed by atoms with E-state index in [1.54, 1.807) is 0 Å². The average molecular weight is 579 g/mol. The van der Waals surface area contributed by atoms with Gasteiger partial charge in [0.2, 0.25) is 5.91 Å². The molecular weight excluding hydrogens is 553 g/mol. The summed E-state index contributed by atoms with van der Waals surface area (Å²) in [5.41, 5.74) is 0.927. The maximum Gasteiger partial charge on any atom is 0.407 e. The van der Waals surface area contributed by atoms with Crippen LogP contribution in [0.1, 0.15) is 35.4 Å². The minimum absolute atomic E-state index is 0.00247. The van der Waals surface area contributed by atoms with Crippen LogP contribution in [0, 0.1) is 17.5 Å². The summed E-state index contributed by atoms with van der Waals surface area (Å²) in [6.07, 6.45) is 2.96. The molecule has 2 amide bonds. The number of carboxylic acid groups (broad SMARTS) is 1. The molecule has 3 atom stereocenters. The molecule has 0 radical (unpaired) electrons. The fourth-order valence-corrected chi connectivity index (χ4v) is 4.73. The molecule has 212 valence electrons. The number of amides is 2. The molecule has 0 spiro atoms. The van der Waals surface area contributed by atoms with E-state index < -0.39 is 47.5 Å². The SMILES string of the molecule is O=C(C[C@H](c1cncc(F)c1)c1ccc(Cl)c(F)c1)Nc1cncc(F)c1CCC1CN(C(=O)O)C(CO)CO1. The molecular formula is C27H26ClF3N4O5. The van der Waals surface area contributed by atoms with Gasteiger partial charge in [-0.25, -0.2) is 18.0 Å². The molecule has 1 saturated heterocycles. The molecule has 40 heavy (non-hydrogen) atoms. The third-order valence-corrected chi connectivity index (χ3v) is 6.99. The van der Waals surface area contributed by atoms with Gasteiger partial charge in [0.15, 0.2) is 0 Å². The minimum atomic E-state index is -1.20. The lowest BCUT2D eigenvalue weighted by atomic mass is 9.89. The first-order valence-electron chi connectivity index (χ1n) is 12.4. The van der Waals surface area contributed by atoms with Crippen molar-refractivity contribution in [3.05, 3.63) is 88.2 Å². The van der Waals surface area contributed by atoms with Gasteiger partial charge < -0.3 is 20.3 Å². The van der Waals surface area contributed by atoms with Gasteiger partial charge in [-0.1, -0.05) is 17.7 Å². The Hall–Kier alpha value is -3.74. The number of aromatic nitrogens is 2. The van der Waals surface area contributed by atoms with Gasteiger partial charge in [-0.05, 0) is 42.2 Å². The molecule has 1 aromatic carbocycles. The first-order valence-corrected chi connectivity index (χ1v) is 12.7. The van der Waals surface area contributed by atoms with Crippen LogP contribution in [0.15, 0.2) is 49.1 Å². The number of carbonyl (C=O) groups excluding carboxylic acids is 1. The zero-order valence-electron chi connectivity index (χ0n) is 21.1. The van der Waals surface area contributed by atoms with E-state index in [4.69, 9.17) is 16.3 Å². The Bertz CT molecular complexity index is 1380. The molecule has 0 bridgehead atoms. The van der Waals surface area contributed by atoms with Gasteiger partial charge in [0, 0.05) is 24.1 Å². The molecule has 2 aromatic heterocycles. The summed E-state index contributed by atoms with van der Waals surface area (Å²) in [6.45, 7) is -0.392. The van der Waals surface area contributed by atoms with Gasteiger partial charge in [0.05, 0.1) is 61.2 Å². The Balaban J connectivity index is 1.50. The highest BCUT2D eigenvalue weighted by atomic mass is 35.5. The molecule has 13 heteroatoms. The second-order valence-corrected chi connectivity index (χ2v) is 9.73. The van der Waals surface area contributed by atoms with Gasteiger partial charge in [-0.2, -0.15) is 0 Å². The monoisotopic (exact) mass is 578 g/mol. The van der Waals surface area contributed by atoms with Crippen LogP contribution in [0.5, 0.6) is 0 Å². The number of halogens is 4. The molecule has 0 aliphatic carbocycles. The number of pyridine rings is 2. The Morgan fingerprint density at radius 2 is 1.88 bits per heavy atom. The van der Waals surface area contributed by atoms with Crippen molar-refractivity contribution in [2.24, 2.45) is 0 Å². The van der Waals surface area contributed by atoms with E-state index in [9.17, 15) is 33.0 Å². The van der Waals surface area contributed by atoms with Gasteiger partial charge >= 0.3 is 6.09 Å². The third kappa shape index (κ3) is 7.06. The highest BCUT2D eigenvalue weighted by Crippen LogP contribution is 2.31. The maximum atomic E-state index is 14.8. The lowest BCUT2D eigenvalue weighted by Gasteiger charge is -2.37. The first-order chi connectivity index (χ1) is 19.2. The smallest absolute Gasteiger partial charge is 0.407 e. The van der Waals surface area contributed by atoms with E-state index in [1.807, 2.05) is 0 Å². The van der Waals surface area contributed by atoms with Crippen LogP contribution in [0.2, 0.25) is 5.02 Å². The van der Waals surface area contributed by atoms with Crippen LogP contribution >= 0.6 is 11.6 Å². The molecule has 2 unspecified atom stereocenters. The van der Waals surface area contributed by atoms with Crippen molar-refractivity contribution in [1.82, 2.24) is 14.9 Å². The van der Waals surface area contributed by atoms with E-state index >= 15 is 0 Å². The molecule has 1 aliphatic rings. The highest BCUT2D eigenvalue weighted by molar-refractivity contribution is 6.30. The first kappa shape index (κ1) is 29.2. The summed E-state index contributed by atoms with van der Waals surface area (Å²) in [6, 6.07) is 4.52. The summed E-state index contributed by atoms with van der Waals surface area (Å²) < 4.78 is 48.6. The van der Waals surface area contributed by atoms with E-state index in [0.29, 0.717) is 11.1 Å². The number of hydrogen-bond donors (Lipinski definition) is 3. The predicted molar refractivity (Wildman–Crippen MR) is 139 cm³/mol. The molecule has 3 N–H and O–H groups in total. The van der Waals surface area contributed by atoms with Crippen LogP contribution < -0.4 is 5.32 Å². The molecule has 4 rings (SSSR count). The average Bonchev–Trinajstić information content (AvgIpc) is 2.93. The molecule has 0 saturated carbocycles. The number of ether oxygens (including phenoxy) is 1. The summed E-state index contributed by atoms with van der Waals surface area (Å²) >= 11 is 5.80. The van der Waals surface area contributed by atoms with Gasteiger partial charge in [-0.3, -0.25) is 19.7 Å². The van der Waals surface area contributed by atoms with Crippen molar-refractivity contribution < 1.29 is 37.7 Å². The Morgan fingerprint density at radius 1 is 1.10 bits per heavy atom. The fraction of sp³-hybridized carbons (Fsp3) is 0.333. The zero-order valence-corrected chi connectivity index (χ0v) is 21.8. The number of hydrogen-bond acceptors (Lipinski definition) is 6. The number of aliphatic hydroxyl groups is 1. The number of rotatable bonds is 9. The highest BCUT2D eigenvalue weighted by Gasteiger charge is 2.32. The summed E-state index contributed by atoms with van der Waals surface area (Å²) in [5.74, 6) is -3.39. The summed E-state index contributed by atoms with van der Waals surface area (Å²) in [5, 5.41) is 21.3. The second-order valence-electron chi connectivity index (χ2n) is 9.33. The number of morpholine rings is 1. The molecule has 3 aromatic rings. The van der Waals surface area contributed by atoms with Crippen molar-refractivity contribution in [1.29, 1.82) is 0 Å². The summed E-state index contributed by atoms with van der Waals surface area (Å²) in [4.78, 5) is 33.4. The number of aliphatic hydroxyl groups excluding tert-OH is 1. The zero-order chi connectivity index (χ0) is 28.8. The van der Waals surface area contributed by atoms with Crippen LogP contribution in [0.4, 0.5) is 23.7 Å². The second kappa shape index (κ2) is 13.1. The Kier molecular flexibility index (Phi) is 9.56. The normalized spacial score (nSPS) is 17.9. The van der Waals surface area contributed by atoms with Crippen molar-refractivity contribution >= 4 is 29.3 Å². The van der Waals surface area contributed by atoms with Gasteiger partial charge in [0.25, 0.3) is 0 Å². The lowest BCUT2D eigenvalue weighted by molar-refractivity contribution is -0.116. The lowest BCUT2D eigenvalue weighted by Crippen LogP contribution is -2.53. The number of carbonyl (C=O) groups is 2. The standard InChI is InChI=1S/C27H26ClF3N4O5/c28-22-4-1-15(6-23(22)30)21(16-5-17(29)9-32-8-16)7-26(37)34-25-11-33-10-24(31)20(25)3-2-19-12-35(27(38)39)18(13-36)14-40-19/h1,4-6,8-11,18-19,21,36H,2-3,7,12-14H2,(H,34,37)(H,38,39)/t18?,19?,21-/m0/s1. The topological polar surface area (TPSA) is 125 Å². The van der Waals surface area contributed by atoms with Crippen LogP contribution in [0.25, 0.3) is 0 Å². The van der Waals surface area contributed by atoms with E-state index in [2.05, 4.69) is 15.3 Å².